The van der Waals surface area contributed by atoms with Crippen LogP contribution in [0.15, 0.2) is 42.0 Å². The Labute approximate surface area is 130 Å². The van der Waals surface area contributed by atoms with Crippen LogP contribution in [0.5, 0.6) is 0 Å². The van der Waals surface area contributed by atoms with E-state index in [-0.39, 0.29) is 12.0 Å². The topological polar surface area (TPSA) is 74.6 Å². The fourth-order valence-electron chi connectivity index (χ4n) is 2.27. The predicted octanol–water partition coefficient (Wildman–Crippen LogP) is 3.47. The first-order chi connectivity index (χ1) is 9.87. The van der Waals surface area contributed by atoms with E-state index in [1.165, 1.54) is 6.92 Å². The Hall–Kier alpha value is -1.88. The highest BCUT2D eigenvalue weighted by Crippen LogP contribution is 2.38. The molecule has 0 saturated carbocycles. The van der Waals surface area contributed by atoms with Gasteiger partial charge in [0.05, 0.1) is 5.41 Å². The Morgan fingerprint density at radius 2 is 1.86 bits per heavy atom. The van der Waals surface area contributed by atoms with Crippen LogP contribution in [0.1, 0.15) is 24.5 Å². The molecule has 0 amide bonds. The second-order valence-corrected chi connectivity index (χ2v) is 5.82. The van der Waals surface area contributed by atoms with Crippen molar-refractivity contribution in [3.05, 3.63) is 53.1 Å². The number of carbonyl (C=O) groups is 2. The second-order valence-electron chi connectivity index (χ2n) is 5.26. The van der Waals surface area contributed by atoms with Crippen molar-refractivity contribution >= 4 is 33.4 Å². The molecule has 0 radical (unpaired) electrons. The third kappa shape index (κ3) is 3.08. The van der Waals surface area contributed by atoms with Crippen LogP contribution in [0, 0.1) is 5.41 Å². The van der Waals surface area contributed by atoms with Gasteiger partial charge in [0.15, 0.2) is 0 Å². The van der Waals surface area contributed by atoms with E-state index in [9.17, 15) is 19.8 Å². The molecule has 0 heterocycles. The van der Waals surface area contributed by atoms with Gasteiger partial charge in [0.25, 0.3) is 0 Å². The molecule has 2 rings (SSSR count). The Balaban J connectivity index is 2.47. The van der Waals surface area contributed by atoms with Gasteiger partial charge >= 0.3 is 11.9 Å². The lowest BCUT2D eigenvalue weighted by Gasteiger charge is -2.26. The van der Waals surface area contributed by atoms with Crippen molar-refractivity contribution in [3.63, 3.8) is 0 Å². The fraction of sp³-hybridized carbons (Fsp3) is 0.250. The van der Waals surface area contributed by atoms with E-state index in [0.717, 1.165) is 16.5 Å². The largest absolute Gasteiger partial charge is 0.481 e. The number of rotatable bonds is 4. The third-order valence-corrected chi connectivity index (χ3v) is 4.30. The molecule has 4 nitrogen and oxygen atoms in total. The van der Waals surface area contributed by atoms with E-state index in [2.05, 4.69) is 15.9 Å². The highest BCUT2D eigenvalue weighted by atomic mass is 79.9. The summed E-state index contributed by atoms with van der Waals surface area (Å²) in [5, 5.41) is 19.4. The molecule has 1 aliphatic carbocycles. The number of aliphatic carboxylic acids is 2. The maximum absolute atomic E-state index is 11.5. The van der Waals surface area contributed by atoms with Crippen molar-refractivity contribution in [2.24, 2.45) is 5.41 Å². The molecule has 2 N–H and O–H groups in total. The van der Waals surface area contributed by atoms with Crippen molar-refractivity contribution < 1.29 is 19.8 Å². The van der Waals surface area contributed by atoms with Crippen molar-refractivity contribution in [1.82, 2.24) is 0 Å². The second kappa shape index (κ2) is 5.85. The van der Waals surface area contributed by atoms with E-state index >= 15 is 0 Å². The summed E-state index contributed by atoms with van der Waals surface area (Å²) in [6.07, 6.45) is 3.14. The number of halogens is 1. The number of benzene rings is 1. The zero-order valence-corrected chi connectivity index (χ0v) is 13.1. The van der Waals surface area contributed by atoms with Crippen LogP contribution in [0.25, 0.3) is 5.57 Å². The van der Waals surface area contributed by atoms with Crippen LogP contribution in [-0.2, 0) is 14.9 Å². The van der Waals surface area contributed by atoms with Crippen LogP contribution in [-0.4, -0.2) is 22.2 Å². The van der Waals surface area contributed by atoms with Crippen LogP contribution in [0.3, 0.4) is 0 Å². The van der Waals surface area contributed by atoms with E-state index < -0.39 is 17.4 Å². The summed E-state index contributed by atoms with van der Waals surface area (Å²) in [5.74, 6) is -2.10. The number of carboxylic acid groups (broad SMARTS) is 2. The highest BCUT2D eigenvalue weighted by Gasteiger charge is 2.36. The smallest absolute Gasteiger partial charge is 0.332 e. The lowest BCUT2D eigenvalue weighted by molar-refractivity contribution is -0.145. The van der Waals surface area contributed by atoms with Crippen molar-refractivity contribution in [1.29, 1.82) is 0 Å². The quantitative estimate of drug-likeness (QED) is 0.815. The van der Waals surface area contributed by atoms with Gasteiger partial charge in [0, 0.05) is 10.9 Å². The molecule has 0 fully saturated rings. The summed E-state index contributed by atoms with van der Waals surface area (Å²) in [6, 6.07) is 7.52. The molecule has 1 aromatic rings. The zero-order chi connectivity index (χ0) is 15.6. The number of carboxylic acids is 2. The molecule has 0 aromatic heterocycles. The average molecular weight is 351 g/mol. The first-order valence-electron chi connectivity index (χ1n) is 6.42. The van der Waals surface area contributed by atoms with Gasteiger partial charge in [-0.1, -0.05) is 52.3 Å². The third-order valence-electron chi connectivity index (χ3n) is 3.65. The van der Waals surface area contributed by atoms with Crippen LogP contribution in [0.2, 0.25) is 0 Å². The maximum atomic E-state index is 11.5. The van der Waals surface area contributed by atoms with Gasteiger partial charge in [0.2, 0.25) is 0 Å². The molecule has 1 aromatic carbocycles. The Morgan fingerprint density at radius 1 is 1.24 bits per heavy atom. The fourth-order valence-corrected chi connectivity index (χ4v) is 2.64. The summed E-state index contributed by atoms with van der Waals surface area (Å²) in [5.41, 5.74) is 1.40. The lowest BCUT2D eigenvalue weighted by Crippen LogP contribution is -2.29. The molecule has 1 aliphatic rings. The van der Waals surface area contributed by atoms with Gasteiger partial charge in [-0.2, -0.15) is 0 Å². The molecule has 0 bridgehead atoms. The minimum absolute atomic E-state index is 0.0241. The first kappa shape index (κ1) is 15.5. The normalized spacial score (nSPS) is 21.4. The molecule has 110 valence electrons. The molecular weight excluding hydrogens is 336 g/mol. The lowest BCUT2D eigenvalue weighted by atomic mass is 9.76. The number of hydrogen-bond donors (Lipinski definition) is 2. The van der Waals surface area contributed by atoms with E-state index in [1.54, 1.807) is 12.2 Å². The summed E-state index contributed by atoms with van der Waals surface area (Å²) in [4.78, 5) is 22.8. The number of alkyl halides is 1. The summed E-state index contributed by atoms with van der Waals surface area (Å²) >= 11 is 3.36. The minimum Gasteiger partial charge on any atom is -0.481 e. The van der Waals surface area contributed by atoms with E-state index in [1.807, 2.05) is 24.3 Å². The molecular formula is C16H15BrO4. The number of hydrogen-bond acceptors (Lipinski definition) is 2. The SMILES string of the molecule is CC1(C(=O)O)C=CC(c2ccc(CBr)cc2)=C(C(=O)O)C1. The molecule has 5 heteroatoms. The van der Waals surface area contributed by atoms with Gasteiger partial charge in [-0.25, -0.2) is 4.79 Å². The van der Waals surface area contributed by atoms with Gasteiger partial charge in [-0.05, 0) is 30.0 Å². The van der Waals surface area contributed by atoms with Crippen LogP contribution >= 0.6 is 15.9 Å². The number of allylic oxidation sites excluding steroid dienone is 2. The van der Waals surface area contributed by atoms with Crippen molar-refractivity contribution in [2.75, 3.05) is 0 Å². The van der Waals surface area contributed by atoms with Crippen molar-refractivity contribution in [3.8, 4) is 0 Å². The van der Waals surface area contributed by atoms with Crippen LogP contribution in [0.4, 0.5) is 0 Å². The summed E-state index contributed by atoms with van der Waals surface area (Å²) < 4.78 is 0. The zero-order valence-electron chi connectivity index (χ0n) is 11.5. The van der Waals surface area contributed by atoms with Crippen molar-refractivity contribution in [2.45, 2.75) is 18.7 Å². The van der Waals surface area contributed by atoms with Gasteiger partial charge in [0.1, 0.15) is 0 Å². The van der Waals surface area contributed by atoms with E-state index in [0.29, 0.717) is 5.57 Å². The van der Waals surface area contributed by atoms with Gasteiger partial charge in [-0.3, -0.25) is 4.79 Å². The highest BCUT2D eigenvalue weighted by molar-refractivity contribution is 9.08. The first-order valence-corrected chi connectivity index (χ1v) is 7.54. The molecule has 21 heavy (non-hydrogen) atoms. The van der Waals surface area contributed by atoms with Crippen LogP contribution < -0.4 is 0 Å². The average Bonchev–Trinajstić information content (AvgIpc) is 2.47. The Kier molecular flexibility index (Phi) is 4.32. The van der Waals surface area contributed by atoms with E-state index in [4.69, 9.17) is 0 Å². The minimum atomic E-state index is -1.17. The summed E-state index contributed by atoms with van der Waals surface area (Å²) in [6.45, 7) is 1.53. The van der Waals surface area contributed by atoms with Gasteiger partial charge in [-0.15, -0.1) is 0 Å². The molecule has 1 atom stereocenters. The Morgan fingerprint density at radius 3 is 2.33 bits per heavy atom. The molecule has 1 unspecified atom stereocenters. The summed E-state index contributed by atoms with van der Waals surface area (Å²) in [7, 11) is 0. The molecule has 0 saturated heterocycles. The monoisotopic (exact) mass is 350 g/mol. The standard InChI is InChI=1S/C16H15BrO4/c1-16(15(20)21)7-6-12(13(8-16)14(18)19)11-4-2-10(9-17)3-5-11/h2-7H,8-9H2,1H3,(H,18,19)(H,20,21). The Bertz CT molecular complexity index is 643. The predicted molar refractivity (Wildman–Crippen MR) is 83.1 cm³/mol. The van der Waals surface area contributed by atoms with Gasteiger partial charge < -0.3 is 10.2 Å². The maximum Gasteiger partial charge on any atom is 0.332 e. The molecule has 0 aliphatic heterocycles. The molecule has 0 spiro atoms.